The van der Waals surface area contributed by atoms with Gasteiger partial charge in [-0.3, -0.25) is 0 Å². The monoisotopic (exact) mass is 293 g/mol. The first-order valence-corrected chi connectivity index (χ1v) is 8.32. The highest BCUT2D eigenvalue weighted by atomic mass is 16.7. The summed E-state index contributed by atoms with van der Waals surface area (Å²) in [6.07, 6.45) is 3.14. The molecule has 0 saturated carbocycles. The highest BCUT2D eigenvalue weighted by molar-refractivity contribution is 5.26. The Labute approximate surface area is 130 Å². The van der Waals surface area contributed by atoms with Gasteiger partial charge < -0.3 is 14.8 Å². The molecule has 0 radical (unpaired) electrons. The van der Waals surface area contributed by atoms with Crippen LogP contribution in [0.5, 0.6) is 0 Å². The van der Waals surface area contributed by atoms with Crippen LogP contribution in [-0.4, -0.2) is 26.0 Å². The molecule has 1 N–H and O–H groups in total. The second-order valence-electron chi connectivity index (χ2n) is 5.21. The van der Waals surface area contributed by atoms with Crippen LogP contribution in [0.25, 0.3) is 0 Å². The molecule has 0 aliphatic carbocycles. The summed E-state index contributed by atoms with van der Waals surface area (Å²) in [7, 11) is 0. The number of rotatable bonds is 11. The summed E-state index contributed by atoms with van der Waals surface area (Å²) in [5.74, 6) is 0. The number of nitrogens with one attached hydrogen (secondary N) is 1. The van der Waals surface area contributed by atoms with E-state index in [0.717, 1.165) is 25.8 Å². The molecule has 0 amide bonds. The fraction of sp³-hybridized carbons (Fsp3) is 0.667. The SMILES string of the molecule is CCCNC(c1cccc(CCC)c1)C(OCC)OCC. The van der Waals surface area contributed by atoms with Gasteiger partial charge in [-0.1, -0.05) is 44.5 Å². The lowest BCUT2D eigenvalue weighted by molar-refractivity contribution is -0.155. The smallest absolute Gasteiger partial charge is 0.176 e. The largest absolute Gasteiger partial charge is 0.351 e. The van der Waals surface area contributed by atoms with Gasteiger partial charge in [-0.15, -0.1) is 0 Å². The van der Waals surface area contributed by atoms with Crippen molar-refractivity contribution in [2.45, 2.75) is 59.3 Å². The lowest BCUT2D eigenvalue weighted by Gasteiger charge is -2.28. The van der Waals surface area contributed by atoms with Crippen LogP contribution in [-0.2, 0) is 15.9 Å². The van der Waals surface area contributed by atoms with Gasteiger partial charge in [-0.2, -0.15) is 0 Å². The quantitative estimate of drug-likeness (QED) is 0.624. The van der Waals surface area contributed by atoms with Gasteiger partial charge in [0.05, 0.1) is 6.04 Å². The maximum absolute atomic E-state index is 5.81. The molecular weight excluding hydrogens is 262 g/mol. The molecule has 120 valence electrons. The molecule has 0 aliphatic heterocycles. The average molecular weight is 293 g/mol. The van der Waals surface area contributed by atoms with E-state index in [-0.39, 0.29) is 12.3 Å². The van der Waals surface area contributed by atoms with Crippen LogP contribution in [0.1, 0.15) is 57.7 Å². The molecule has 0 aromatic heterocycles. The molecule has 1 aromatic rings. The van der Waals surface area contributed by atoms with Crippen molar-refractivity contribution in [1.82, 2.24) is 5.32 Å². The number of hydrogen-bond donors (Lipinski definition) is 1. The van der Waals surface area contributed by atoms with Crippen molar-refractivity contribution >= 4 is 0 Å². The molecule has 1 unspecified atom stereocenters. The van der Waals surface area contributed by atoms with E-state index in [1.54, 1.807) is 0 Å². The first kappa shape index (κ1) is 18.1. The molecule has 3 nitrogen and oxygen atoms in total. The van der Waals surface area contributed by atoms with Crippen molar-refractivity contribution in [3.05, 3.63) is 35.4 Å². The van der Waals surface area contributed by atoms with Crippen LogP contribution >= 0.6 is 0 Å². The zero-order valence-electron chi connectivity index (χ0n) is 14.0. The van der Waals surface area contributed by atoms with Gasteiger partial charge in [-0.25, -0.2) is 0 Å². The van der Waals surface area contributed by atoms with Crippen molar-refractivity contribution in [1.29, 1.82) is 0 Å². The van der Waals surface area contributed by atoms with E-state index in [4.69, 9.17) is 9.47 Å². The Morgan fingerprint density at radius 3 is 2.29 bits per heavy atom. The Morgan fingerprint density at radius 2 is 1.71 bits per heavy atom. The third kappa shape index (κ3) is 6.16. The first-order valence-electron chi connectivity index (χ1n) is 8.32. The number of benzene rings is 1. The lowest BCUT2D eigenvalue weighted by Crippen LogP contribution is -2.36. The van der Waals surface area contributed by atoms with E-state index < -0.39 is 0 Å². The zero-order valence-corrected chi connectivity index (χ0v) is 14.0. The number of ether oxygens (including phenoxy) is 2. The maximum Gasteiger partial charge on any atom is 0.176 e. The van der Waals surface area contributed by atoms with Crippen molar-refractivity contribution < 1.29 is 9.47 Å². The number of hydrogen-bond acceptors (Lipinski definition) is 3. The molecule has 0 heterocycles. The fourth-order valence-electron chi connectivity index (χ4n) is 2.47. The van der Waals surface area contributed by atoms with Crippen LogP contribution in [0.15, 0.2) is 24.3 Å². The molecule has 1 aromatic carbocycles. The number of aryl methyl sites for hydroxylation is 1. The summed E-state index contributed by atoms with van der Waals surface area (Å²) in [5, 5.41) is 3.57. The Balaban J connectivity index is 2.95. The van der Waals surface area contributed by atoms with E-state index in [9.17, 15) is 0 Å². The van der Waals surface area contributed by atoms with Gasteiger partial charge in [0.1, 0.15) is 0 Å². The van der Waals surface area contributed by atoms with Gasteiger partial charge in [0.15, 0.2) is 6.29 Å². The maximum atomic E-state index is 5.81. The van der Waals surface area contributed by atoms with Crippen LogP contribution in [0.4, 0.5) is 0 Å². The molecule has 0 aliphatic rings. The van der Waals surface area contributed by atoms with E-state index >= 15 is 0 Å². The molecule has 0 spiro atoms. The van der Waals surface area contributed by atoms with Gasteiger partial charge >= 0.3 is 0 Å². The molecule has 3 heteroatoms. The summed E-state index contributed by atoms with van der Waals surface area (Å²) in [4.78, 5) is 0. The molecule has 0 bridgehead atoms. The van der Waals surface area contributed by atoms with E-state index in [0.29, 0.717) is 13.2 Å². The Morgan fingerprint density at radius 1 is 1.00 bits per heavy atom. The third-order valence-corrected chi connectivity index (χ3v) is 3.40. The van der Waals surface area contributed by atoms with Gasteiger partial charge in [0.25, 0.3) is 0 Å². The average Bonchev–Trinajstić information content (AvgIpc) is 2.49. The predicted molar refractivity (Wildman–Crippen MR) is 88.5 cm³/mol. The van der Waals surface area contributed by atoms with Crippen molar-refractivity contribution in [2.75, 3.05) is 19.8 Å². The van der Waals surface area contributed by atoms with E-state index in [1.807, 2.05) is 13.8 Å². The minimum Gasteiger partial charge on any atom is -0.351 e. The van der Waals surface area contributed by atoms with Crippen LogP contribution in [0.3, 0.4) is 0 Å². The Hall–Kier alpha value is -0.900. The van der Waals surface area contributed by atoms with Crippen molar-refractivity contribution in [3.8, 4) is 0 Å². The second kappa shape index (κ2) is 10.8. The molecule has 21 heavy (non-hydrogen) atoms. The van der Waals surface area contributed by atoms with E-state index in [2.05, 4.69) is 43.4 Å². The predicted octanol–water partition coefficient (Wildman–Crippen LogP) is 4.08. The summed E-state index contributed by atoms with van der Waals surface area (Å²) in [6.45, 7) is 10.7. The summed E-state index contributed by atoms with van der Waals surface area (Å²) >= 11 is 0. The molecule has 0 fully saturated rings. The highest BCUT2D eigenvalue weighted by Gasteiger charge is 2.23. The zero-order chi connectivity index (χ0) is 15.5. The topological polar surface area (TPSA) is 30.5 Å². The minimum atomic E-state index is -0.233. The van der Waals surface area contributed by atoms with Gasteiger partial charge in [-0.05, 0) is 44.4 Å². The van der Waals surface area contributed by atoms with Gasteiger partial charge in [0.2, 0.25) is 0 Å². The highest BCUT2D eigenvalue weighted by Crippen LogP contribution is 2.22. The fourth-order valence-corrected chi connectivity index (χ4v) is 2.47. The van der Waals surface area contributed by atoms with Crippen LogP contribution < -0.4 is 5.32 Å². The Kier molecular flexibility index (Phi) is 9.31. The van der Waals surface area contributed by atoms with Crippen molar-refractivity contribution in [3.63, 3.8) is 0 Å². The Bertz CT molecular complexity index is 375. The standard InChI is InChI=1S/C18H31NO2/c1-5-10-15-11-9-12-16(14-15)17(19-13-6-2)18(20-7-3)21-8-4/h9,11-12,14,17-19H,5-8,10,13H2,1-4H3. The van der Waals surface area contributed by atoms with Gasteiger partial charge in [0, 0.05) is 13.2 Å². The summed E-state index contributed by atoms with van der Waals surface area (Å²) < 4.78 is 11.6. The summed E-state index contributed by atoms with van der Waals surface area (Å²) in [6, 6.07) is 8.86. The normalized spacial score (nSPS) is 12.8. The first-order chi connectivity index (χ1) is 10.3. The van der Waals surface area contributed by atoms with E-state index in [1.165, 1.54) is 11.1 Å². The van der Waals surface area contributed by atoms with Crippen LogP contribution in [0, 0.1) is 0 Å². The lowest BCUT2D eigenvalue weighted by atomic mass is 10.0. The summed E-state index contributed by atoms with van der Waals surface area (Å²) in [5.41, 5.74) is 2.63. The third-order valence-electron chi connectivity index (χ3n) is 3.40. The minimum absolute atomic E-state index is 0.0849. The van der Waals surface area contributed by atoms with Crippen LogP contribution in [0.2, 0.25) is 0 Å². The second-order valence-corrected chi connectivity index (χ2v) is 5.21. The molecule has 1 atom stereocenters. The molecule has 0 saturated heterocycles. The van der Waals surface area contributed by atoms with Crippen molar-refractivity contribution in [2.24, 2.45) is 0 Å². The molecule has 1 rings (SSSR count). The molecular formula is C18H31NO2.